The fraction of sp³-hybridized carbons (Fsp3) is 0.370. The molecule has 0 spiro atoms. The van der Waals surface area contributed by atoms with Gasteiger partial charge in [-0.1, -0.05) is 42.5 Å². The number of aryl methyl sites for hydroxylation is 1. The van der Waals surface area contributed by atoms with Gasteiger partial charge in [0, 0.05) is 56.8 Å². The second-order valence-electron chi connectivity index (χ2n) is 8.73. The second kappa shape index (κ2) is 9.41. The molecule has 2 aliphatic heterocycles. The van der Waals surface area contributed by atoms with Crippen molar-refractivity contribution in [3.63, 3.8) is 0 Å². The van der Waals surface area contributed by atoms with Crippen LogP contribution in [0.1, 0.15) is 35.0 Å². The number of rotatable bonds is 5. The first-order chi connectivity index (χ1) is 16.2. The van der Waals surface area contributed by atoms with Crippen molar-refractivity contribution in [2.45, 2.75) is 26.3 Å². The van der Waals surface area contributed by atoms with E-state index in [1.165, 1.54) is 0 Å². The van der Waals surface area contributed by atoms with Crippen LogP contribution in [0.5, 0.6) is 5.75 Å². The zero-order valence-electron chi connectivity index (χ0n) is 19.4. The van der Waals surface area contributed by atoms with E-state index in [1.807, 2.05) is 42.5 Å². The molecule has 0 N–H and O–H groups in total. The van der Waals surface area contributed by atoms with Gasteiger partial charge < -0.3 is 14.1 Å². The Kier molecular flexibility index (Phi) is 6.20. The number of furan rings is 1. The lowest BCUT2D eigenvalue weighted by Crippen LogP contribution is -2.53. The molecule has 5 rings (SSSR count). The molecule has 2 aliphatic rings. The molecule has 0 amide bonds. The van der Waals surface area contributed by atoms with E-state index in [-0.39, 0.29) is 5.78 Å². The van der Waals surface area contributed by atoms with Crippen molar-refractivity contribution in [3.8, 4) is 17.1 Å². The predicted molar refractivity (Wildman–Crippen MR) is 130 cm³/mol. The molecule has 0 radical (unpaired) electrons. The van der Waals surface area contributed by atoms with E-state index in [4.69, 9.17) is 9.15 Å². The fourth-order valence-corrected chi connectivity index (χ4v) is 5.08. The first-order valence-corrected chi connectivity index (χ1v) is 11.7. The van der Waals surface area contributed by atoms with Gasteiger partial charge in [-0.3, -0.25) is 4.79 Å². The highest BCUT2D eigenvalue weighted by molar-refractivity contribution is 6.01. The van der Waals surface area contributed by atoms with Crippen LogP contribution in [-0.4, -0.2) is 55.6 Å². The zero-order valence-corrected chi connectivity index (χ0v) is 19.4. The number of Topliss-reactive ketones (excluding diaryl/α,β-unsaturated/α-hetero) is 1. The third kappa shape index (κ3) is 4.28. The standard InChI is InChI=1S/C27H31N3O3/c1-20(31)26-22-19-30(14-8-13-24(22)33-27(26)21-9-4-3-5-10-21)29-17-15-28(16-18-29)23-11-6-7-12-25(23)32-2/h3-7,9-12H,8,13-19H2,1-2H3. The summed E-state index contributed by atoms with van der Waals surface area (Å²) in [5.74, 6) is 2.68. The average molecular weight is 446 g/mol. The van der Waals surface area contributed by atoms with E-state index in [1.54, 1.807) is 14.0 Å². The van der Waals surface area contributed by atoms with Crippen LogP contribution < -0.4 is 9.64 Å². The van der Waals surface area contributed by atoms with E-state index < -0.39 is 0 Å². The van der Waals surface area contributed by atoms with Gasteiger partial charge >= 0.3 is 0 Å². The van der Waals surface area contributed by atoms with E-state index in [0.717, 1.165) is 91.8 Å². The molecule has 2 aromatic carbocycles. The number of methoxy groups -OCH3 is 1. The maximum absolute atomic E-state index is 12.7. The van der Waals surface area contributed by atoms with Crippen molar-refractivity contribution in [3.05, 3.63) is 71.5 Å². The molecule has 33 heavy (non-hydrogen) atoms. The Morgan fingerprint density at radius 2 is 1.64 bits per heavy atom. The van der Waals surface area contributed by atoms with Crippen LogP contribution in [0.4, 0.5) is 5.69 Å². The Hall–Kier alpha value is -3.09. The molecule has 1 saturated heterocycles. The number of hydrogen-bond acceptors (Lipinski definition) is 6. The van der Waals surface area contributed by atoms with Crippen LogP contribution in [-0.2, 0) is 13.0 Å². The maximum atomic E-state index is 12.7. The highest BCUT2D eigenvalue weighted by Crippen LogP contribution is 2.36. The van der Waals surface area contributed by atoms with E-state index in [0.29, 0.717) is 0 Å². The van der Waals surface area contributed by atoms with Gasteiger partial charge in [0.25, 0.3) is 0 Å². The van der Waals surface area contributed by atoms with Crippen LogP contribution in [0.15, 0.2) is 59.0 Å². The van der Waals surface area contributed by atoms with Gasteiger partial charge in [-0.15, -0.1) is 0 Å². The molecular formula is C27H31N3O3. The molecule has 6 nitrogen and oxygen atoms in total. The summed E-state index contributed by atoms with van der Waals surface area (Å²) in [7, 11) is 1.73. The maximum Gasteiger partial charge on any atom is 0.164 e. The van der Waals surface area contributed by atoms with Gasteiger partial charge in [-0.25, -0.2) is 10.0 Å². The average Bonchev–Trinajstić information content (AvgIpc) is 3.10. The van der Waals surface area contributed by atoms with E-state index in [2.05, 4.69) is 27.1 Å². The van der Waals surface area contributed by atoms with Crippen LogP contribution in [0.3, 0.4) is 0 Å². The highest BCUT2D eigenvalue weighted by Gasteiger charge is 2.31. The molecular weight excluding hydrogens is 414 g/mol. The monoisotopic (exact) mass is 445 g/mol. The summed E-state index contributed by atoms with van der Waals surface area (Å²) in [4.78, 5) is 15.1. The Bertz CT molecular complexity index is 1120. The summed E-state index contributed by atoms with van der Waals surface area (Å²) in [6.07, 6.45) is 1.87. The van der Waals surface area contributed by atoms with Gasteiger partial charge in [0.2, 0.25) is 0 Å². The number of piperazine rings is 1. The zero-order chi connectivity index (χ0) is 22.8. The minimum Gasteiger partial charge on any atom is -0.495 e. The van der Waals surface area contributed by atoms with Crippen LogP contribution >= 0.6 is 0 Å². The van der Waals surface area contributed by atoms with Gasteiger partial charge in [-0.05, 0) is 25.5 Å². The first kappa shape index (κ1) is 21.7. The Morgan fingerprint density at radius 1 is 0.909 bits per heavy atom. The second-order valence-corrected chi connectivity index (χ2v) is 8.73. The Labute approximate surface area is 195 Å². The van der Waals surface area contributed by atoms with Crippen LogP contribution in [0, 0.1) is 0 Å². The summed E-state index contributed by atoms with van der Waals surface area (Å²) in [6, 6.07) is 18.2. The molecule has 0 unspecified atom stereocenters. The number of nitrogens with zero attached hydrogens (tertiary/aromatic N) is 3. The molecule has 6 heteroatoms. The fourth-order valence-electron chi connectivity index (χ4n) is 5.08. The number of benzene rings is 2. The van der Waals surface area contributed by atoms with Crippen molar-refractivity contribution in [2.24, 2.45) is 0 Å². The third-order valence-electron chi connectivity index (χ3n) is 6.72. The van der Waals surface area contributed by atoms with Gasteiger partial charge in [0.05, 0.1) is 18.4 Å². The van der Waals surface area contributed by atoms with Crippen LogP contribution in [0.2, 0.25) is 0 Å². The predicted octanol–water partition coefficient (Wildman–Crippen LogP) is 4.64. The van der Waals surface area contributed by atoms with Gasteiger partial charge in [-0.2, -0.15) is 0 Å². The molecule has 0 saturated carbocycles. The molecule has 172 valence electrons. The summed E-state index contributed by atoms with van der Waals surface area (Å²) < 4.78 is 11.9. The van der Waals surface area contributed by atoms with Crippen molar-refractivity contribution in [1.29, 1.82) is 0 Å². The number of ether oxygens (including phenoxy) is 1. The molecule has 1 fully saturated rings. The molecule has 0 bridgehead atoms. The topological polar surface area (TPSA) is 49.2 Å². The number of ketones is 1. The number of hydrogen-bond donors (Lipinski definition) is 0. The Balaban J connectivity index is 1.36. The number of fused-ring (bicyclic) bond motifs is 1. The third-order valence-corrected chi connectivity index (χ3v) is 6.72. The normalized spacial score (nSPS) is 17.5. The lowest BCUT2D eigenvalue weighted by molar-refractivity contribution is -0.0359. The quantitative estimate of drug-likeness (QED) is 0.533. The summed E-state index contributed by atoms with van der Waals surface area (Å²) in [5, 5.41) is 4.86. The largest absolute Gasteiger partial charge is 0.495 e. The summed E-state index contributed by atoms with van der Waals surface area (Å²) in [5.41, 5.74) is 3.92. The van der Waals surface area contributed by atoms with Crippen molar-refractivity contribution in [1.82, 2.24) is 10.0 Å². The van der Waals surface area contributed by atoms with Gasteiger partial charge in [0.1, 0.15) is 17.3 Å². The van der Waals surface area contributed by atoms with Crippen molar-refractivity contribution in [2.75, 3.05) is 44.7 Å². The molecule has 1 aromatic heterocycles. The van der Waals surface area contributed by atoms with E-state index >= 15 is 0 Å². The first-order valence-electron chi connectivity index (χ1n) is 11.7. The number of carbonyl (C=O) groups excluding carboxylic acids is 1. The SMILES string of the molecule is COc1ccccc1N1CCN(N2CCCc3oc(-c4ccccc4)c(C(C)=O)c3C2)CC1. The minimum atomic E-state index is 0.0710. The van der Waals surface area contributed by atoms with Crippen LogP contribution in [0.25, 0.3) is 11.3 Å². The summed E-state index contributed by atoms with van der Waals surface area (Å²) >= 11 is 0. The van der Waals surface area contributed by atoms with Gasteiger partial charge in [0.15, 0.2) is 5.78 Å². The molecule has 0 atom stereocenters. The number of carbonyl (C=O) groups is 1. The van der Waals surface area contributed by atoms with E-state index in [9.17, 15) is 4.79 Å². The summed E-state index contributed by atoms with van der Waals surface area (Å²) in [6.45, 7) is 7.08. The number of para-hydroxylation sites is 2. The number of anilines is 1. The lowest BCUT2D eigenvalue weighted by atomic mass is 10.0. The van der Waals surface area contributed by atoms with Crippen molar-refractivity contribution >= 4 is 11.5 Å². The van der Waals surface area contributed by atoms with Crippen molar-refractivity contribution < 1.29 is 13.9 Å². The Morgan fingerprint density at radius 3 is 2.36 bits per heavy atom. The smallest absolute Gasteiger partial charge is 0.164 e. The lowest BCUT2D eigenvalue weighted by Gasteiger charge is -2.42. The molecule has 0 aliphatic carbocycles. The molecule has 3 heterocycles. The molecule has 3 aromatic rings. The minimum absolute atomic E-state index is 0.0710. The number of hydrazine groups is 1. The highest BCUT2D eigenvalue weighted by atomic mass is 16.5.